The fourth-order valence-corrected chi connectivity index (χ4v) is 2.95. The standard InChI is InChI=1S/C19H28O2/c1-3-8-18-13-12-16(2)19(21-18)11-7-14-20-15-17-9-5-4-6-10-17/h3-6,9-10,16,18-19H,1,7-8,11-15H2,2H3/t16-,18-,19-/m0/s1. The highest BCUT2D eigenvalue weighted by Crippen LogP contribution is 2.29. The lowest BCUT2D eigenvalue weighted by Gasteiger charge is -2.34. The Bertz CT molecular complexity index is 401. The quantitative estimate of drug-likeness (QED) is 0.508. The summed E-state index contributed by atoms with van der Waals surface area (Å²) >= 11 is 0. The van der Waals surface area contributed by atoms with Crippen LogP contribution in [-0.2, 0) is 16.1 Å². The zero-order valence-electron chi connectivity index (χ0n) is 13.2. The summed E-state index contributed by atoms with van der Waals surface area (Å²) in [5, 5.41) is 0. The average molecular weight is 288 g/mol. The summed E-state index contributed by atoms with van der Waals surface area (Å²) in [7, 11) is 0. The van der Waals surface area contributed by atoms with Gasteiger partial charge in [-0.25, -0.2) is 0 Å². The smallest absolute Gasteiger partial charge is 0.0716 e. The van der Waals surface area contributed by atoms with Crippen LogP contribution in [0.4, 0.5) is 0 Å². The molecule has 3 atom stereocenters. The van der Waals surface area contributed by atoms with E-state index in [4.69, 9.17) is 9.47 Å². The van der Waals surface area contributed by atoms with Crippen molar-refractivity contribution in [3.8, 4) is 0 Å². The maximum absolute atomic E-state index is 6.18. The molecule has 0 aromatic heterocycles. The van der Waals surface area contributed by atoms with E-state index in [2.05, 4.69) is 37.8 Å². The molecule has 2 nitrogen and oxygen atoms in total. The molecule has 2 heteroatoms. The zero-order valence-corrected chi connectivity index (χ0v) is 13.2. The zero-order chi connectivity index (χ0) is 14.9. The maximum Gasteiger partial charge on any atom is 0.0716 e. The van der Waals surface area contributed by atoms with Gasteiger partial charge in [0.2, 0.25) is 0 Å². The lowest BCUT2D eigenvalue weighted by Crippen LogP contribution is -2.33. The molecule has 116 valence electrons. The molecule has 1 aliphatic heterocycles. The molecule has 0 radical (unpaired) electrons. The van der Waals surface area contributed by atoms with Gasteiger partial charge in [0.15, 0.2) is 0 Å². The highest BCUT2D eigenvalue weighted by Gasteiger charge is 2.27. The highest BCUT2D eigenvalue weighted by atomic mass is 16.5. The molecular formula is C19H28O2. The second-order valence-corrected chi connectivity index (χ2v) is 6.06. The van der Waals surface area contributed by atoms with E-state index in [1.165, 1.54) is 18.4 Å². The molecule has 1 fully saturated rings. The number of hydrogen-bond acceptors (Lipinski definition) is 2. The number of ether oxygens (including phenoxy) is 2. The van der Waals surface area contributed by atoms with Gasteiger partial charge in [-0.3, -0.25) is 0 Å². The van der Waals surface area contributed by atoms with Crippen molar-refractivity contribution in [1.82, 2.24) is 0 Å². The van der Waals surface area contributed by atoms with Gasteiger partial charge >= 0.3 is 0 Å². The van der Waals surface area contributed by atoms with Crippen molar-refractivity contribution in [2.45, 2.75) is 57.8 Å². The molecule has 1 heterocycles. The van der Waals surface area contributed by atoms with Crippen LogP contribution in [0.5, 0.6) is 0 Å². The van der Waals surface area contributed by atoms with E-state index in [9.17, 15) is 0 Å². The first-order valence-corrected chi connectivity index (χ1v) is 8.17. The Kier molecular flexibility index (Phi) is 6.98. The highest BCUT2D eigenvalue weighted by molar-refractivity contribution is 5.13. The van der Waals surface area contributed by atoms with E-state index in [1.807, 2.05) is 12.1 Å². The van der Waals surface area contributed by atoms with Crippen molar-refractivity contribution in [2.24, 2.45) is 5.92 Å². The van der Waals surface area contributed by atoms with Crippen molar-refractivity contribution in [3.05, 3.63) is 48.6 Å². The Balaban J connectivity index is 1.62. The van der Waals surface area contributed by atoms with Crippen molar-refractivity contribution < 1.29 is 9.47 Å². The third kappa shape index (κ3) is 5.64. The first kappa shape index (κ1) is 16.3. The Morgan fingerprint density at radius 1 is 1.29 bits per heavy atom. The van der Waals surface area contributed by atoms with Gasteiger partial charge in [0.25, 0.3) is 0 Å². The Labute approximate surface area is 129 Å². The van der Waals surface area contributed by atoms with Crippen LogP contribution in [0.3, 0.4) is 0 Å². The minimum absolute atomic E-state index is 0.383. The van der Waals surface area contributed by atoms with Gasteiger partial charge in [0, 0.05) is 6.61 Å². The maximum atomic E-state index is 6.18. The van der Waals surface area contributed by atoms with Crippen LogP contribution in [0.25, 0.3) is 0 Å². The monoisotopic (exact) mass is 288 g/mol. The predicted octanol–water partition coefficient (Wildman–Crippen LogP) is 4.74. The summed E-state index contributed by atoms with van der Waals surface area (Å²) < 4.78 is 11.9. The number of hydrogen-bond donors (Lipinski definition) is 0. The third-order valence-electron chi connectivity index (χ3n) is 4.26. The molecule has 0 amide bonds. The summed E-state index contributed by atoms with van der Waals surface area (Å²) in [5.41, 5.74) is 1.24. The van der Waals surface area contributed by atoms with Crippen molar-refractivity contribution in [3.63, 3.8) is 0 Å². The molecule has 0 spiro atoms. The van der Waals surface area contributed by atoms with Crippen LogP contribution in [0, 0.1) is 5.92 Å². The van der Waals surface area contributed by atoms with Crippen LogP contribution in [-0.4, -0.2) is 18.8 Å². The first-order chi connectivity index (χ1) is 10.3. The molecular weight excluding hydrogens is 260 g/mol. The molecule has 0 N–H and O–H groups in total. The molecule has 1 aromatic carbocycles. The summed E-state index contributed by atoms with van der Waals surface area (Å²) in [5.74, 6) is 0.667. The van der Waals surface area contributed by atoms with Gasteiger partial charge in [-0.2, -0.15) is 0 Å². The molecule has 1 aliphatic rings. The molecule has 21 heavy (non-hydrogen) atoms. The summed E-state index contributed by atoms with van der Waals surface area (Å²) in [6.07, 6.45) is 8.35. The van der Waals surface area contributed by atoms with Crippen LogP contribution in [0.1, 0.15) is 44.6 Å². The van der Waals surface area contributed by atoms with Crippen molar-refractivity contribution in [1.29, 1.82) is 0 Å². The second kappa shape index (κ2) is 9.01. The minimum Gasteiger partial charge on any atom is -0.377 e. The van der Waals surface area contributed by atoms with Gasteiger partial charge < -0.3 is 9.47 Å². The Morgan fingerprint density at radius 3 is 2.86 bits per heavy atom. The van der Waals surface area contributed by atoms with Crippen LogP contribution in [0.15, 0.2) is 43.0 Å². The number of benzene rings is 1. The molecule has 0 bridgehead atoms. The molecule has 0 unspecified atom stereocenters. The van der Waals surface area contributed by atoms with E-state index in [0.29, 0.717) is 24.7 Å². The third-order valence-corrected chi connectivity index (χ3v) is 4.26. The minimum atomic E-state index is 0.383. The average Bonchev–Trinajstić information content (AvgIpc) is 2.51. The van der Waals surface area contributed by atoms with Crippen LogP contribution < -0.4 is 0 Å². The lowest BCUT2D eigenvalue weighted by molar-refractivity contribution is -0.0827. The van der Waals surface area contributed by atoms with Gasteiger partial charge in [0.1, 0.15) is 0 Å². The van der Waals surface area contributed by atoms with Crippen LogP contribution in [0.2, 0.25) is 0 Å². The fraction of sp³-hybridized carbons (Fsp3) is 0.579. The van der Waals surface area contributed by atoms with Crippen molar-refractivity contribution >= 4 is 0 Å². The Hall–Kier alpha value is -1.12. The fourth-order valence-electron chi connectivity index (χ4n) is 2.95. The molecule has 1 aromatic rings. The van der Waals surface area contributed by atoms with Gasteiger partial charge in [-0.15, -0.1) is 6.58 Å². The van der Waals surface area contributed by atoms with E-state index in [0.717, 1.165) is 25.9 Å². The SMILES string of the molecule is C=CC[C@H]1CC[C@H](C)[C@H](CCCOCc2ccccc2)O1. The van der Waals surface area contributed by atoms with Crippen LogP contribution >= 0.6 is 0 Å². The first-order valence-electron chi connectivity index (χ1n) is 8.17. The largest absolute Gasteiger partial charge is 0.377 e. The number of rotatable bonds is 8. The van der Waals surface area contributed by atoms with E-state index in [-0.39, 0.29) is 0 Å². The molecule has 0 saturated carbocycles. The van der Waals surface area contributed by atoms with E-state index in [1.54, 1.807) is 0 Å². The van der Waals surface area contributed by atoms with Gasteiger partial charge in [0.05, 0.1) is 18.8 Å². The van der Waals surface area contributed by atoms with Gasteiger partial charge in [-0.1, -0.05) is 43.3 Å². The van der Waals surface area contributed by atoms with E-state index >= 15 is 0 Å². The van der Waals surface area contributed by atoms with Crippen molar-refractivity contribution in [2.75, 3.05) is 6.61 Å². The van der Waals surface area contributed by atoms with Gasteiger partial charge in [-0.05, 0) is 43.6 Å². The van der Waals surface area contributed by atoms with E-state index < -0.39 is 0 Å². The topological polar surface area (TPSA) is 18.5 Å². The molecule has 2 rings (SSSR count). The molecule has 0 aliphatic carbocycles. The predicted molar refractivity (Wildman–Crippen MR) is 87.2 cm³/mol. The summed E-state index contributed by atoms with van der Waals surface area (Å²) in [4.78, 5) is 0. The Morgan fingerprint density at radius 2 is 2.10 bits per heavy atom. The second-order valence-electron chi connectivity index (χ2n) is 6.06. The molecule has 1 saturated heterocycles. The summed E-state index contributed by atoms with van der Waals surface area (Å²) in [6.45, 7) is 7.64. The normalized spacial score (nSPS) is 25.7. The summed E-state index contributed by atoms with van der Waals surface area (Å²) in [6, 6.07) is 10.3. The lowest BCUT2D eigenvalue weighted by atomic mass is 9.90.